The summed E-state index contributed by atoms with van der Waals surface area (Å²) in [4.78, 5) is 0. The van der Waals surface area contributed by atoms with E-state index in [1.165, 1.54) is 11.1 Å². The van der Waals surface area contributed by atoms with Gasteiger partial charge in [0.15, 0.2) is 0 Å². The quantitative estimate of drug-likeness (QED) is 0.718. The molecule has 0 bridgehead atoms. The van der Waals surface area contributed by atoms with E-state index in [-0.39, 0.29) is 0 Å². The molecule has 2 nitrogen and oxygen atoms in total. The lowest BCUT2D eigenvalue weighted by molar-refractivity contribution is 0.388. The molecule has 1 unspecified atom stereocenters. The second kappa shape index (κ2) is 6.83. The molecule has 100 valence electrons. The van der Waals surface area contributed by atoms with Crippen LogP contribution in [0.15, 0.2) is 28.3 Å². The summed E-state index contributed by atoms with van der Waals surface area (Å²) in [6, 6.07) is 4.10. The molecule has 3 heteroatoms. The third kappa shape index (κ3) is 3.52. The van der Waals surface area contributed by atoms with Gasteiger partial charge in [0.05, 0.1) is 14.2 Å². The summed E-state index contributed by atoms with van der Waals surface area (Å²) in [5.74, 6) is 1.96. The zero-order chi connectivity index (χ0) is 13.7. The number of ether oxygens (including phenoxy) is 2. The molecule has 1 aromatic rings. The van der Waals surface area contributed by atoms with E-state index >= 15 is 0 Å². The SMILES string of the molecule is CC/C(C)=C\C(C)c1cc(OC)c(Br)c(OC)c1. The number of hydrogen-bond donors (Lipinski definition) is 0. The van der Waals surface area contributed by atoms with E-state index in [4.69, 9.17) is 9.47 Å². The van der Waals surface area contributed by atoms with Gasteiger partial charge in [0.25, 0.3) is 0 Å². The van der Waals surface area contributed by atoms with Crippen molar-refractivity contribution in [3.63, 3.8) is 0 Å². The van der Waals surface area contributed by atoms with Gasteiger partial charge in [-0.25, -0.2) is 0 Å². The van der Waals surface area contributed by atoms with Crippen LogP contribution in [0, 0.1) is 0 Å². The first-order valence-corrected chi connectivity index (χ1v) is 6.91. The van der Waals surface area contributed by atoms with Crippen molar-refractivity contribution in [1.82, 2.24) is 0 Å². The molecule has 0 aromatic heterocycles. The van der Waals surface area contributed by atoms with Crippen LogP contribution in [-0.4, -0.2) is 14.2 Å². The maximum absolute atomic E-state index is 5.36. The van der Waals surface area contributed by atoms with E-state index in [1.54, 1.807) is 14.2 Å². The van der Waals surface area contributed by atoms with Crippen molar-refractivity contribution in [3.8, 4) is 11.5 Å². The molecular weight excluding hydrogens is 292 g/mol. The summed E-state index contributed by atoms with van der Waals surface area (Å²) < 4.78 is 11.6. The van der Waals surface area contributed by atoms with Gasteiger partial charge in [-0.05, 0) is 52.9 Å². The van der Waals surface area contributed by atoms with Crippen LogP contribution in [0.25, 0.3) is 0 Å². The van der Waals surface area contributed by atoms with E-state index in [9.17, 15) is 0 Å². The van der Waals surface area contributed by atoms with Gasteiger partial charge in [-0.2, -0.15) is 0 Å². The van der Waals surface area contributed by atoms with Crippen molar-refractivity contribution in [2.45, 2.75) is 33.1 Å². The number of halogens is 1. The maximum Gasteiger partial charge on any atom is 0.137 e. The first-order chi connectivity index (χ1) is 8.53. The van der Waals surface area contributed by atoms with E-state index in [0.29, 0.717) is 5.92 Å². The Bertz CT molecular complexity index is 413. The number of allylic oxidation sites excluding steroid dienone is 2. The predicted octanol–water partition coefficient (Wildman–Crippen LogP) is 4.93. The Morgan fingerprint density at radius 1 is 1.28 bits per heavy atom. The molecule has 0 saturated carbocycles. The van der Waals surface area contributed by atoms with Gasteiger partial charge in [0.2, 0.25) is 0 Å². The third-order valence-electron chi connectivity index (χ3n) is 3.09. The monoisotopic (exact) mass is 312 g/mol. The van der Waals surface area contributed by atoms with E-state index in [0.717, 1.165) is 22.4 Å². The van der Waals surface area contributed by atoms with Crippen LogP contribution in [0.5, 0.6) is 11.5 Å². The van der Waals surface area contributed by atoms with Crippen LogP contribution in [0.1, 0.15) is 38.7 Å². The fourth-order valence-corrected chi connectivity index (χ4v) is 2.35. The first kappa shape index (κ1) is 15.1. The Morgan fingerprint density at radius 2 is 1.78 bits per heavy atom. The highest BCUT2D eigenvalue weighted by molar-refractivity contribution is 9.10. The Labute approximate surface area is 118 Å². The van der Waals surface area contributed by atoms with Crippen molar-refractivity contribution < 1.29 is 9.47 Å². The molecule has 0 aliphatic rings. The second-order valence-corrected chi connectivity index (χ2v) is 5.19. The summed E-state index contributed by atoms with van der Waals surface area (Å²) in [5.41, 5.74) is 2.59. The highest BCUT2D eigenvalue weighted by Crippen LogP contribution is 2.38. The number of hydrogen-bond acceptors (Lipinski definition) is 2. The molecule has 0 N–H and O–H groups in total. The molecule has 0 spiro atoms. The maximum atomic E-state index is 5.36. The molecule has 1 aromatic carbocycles. The Balaban J connectivity index is 3.17. The summed E-state index contributed by atoms with van der Waals surface area (Å²) in [5, 5.41) is 0. The van der Waals surface area contributed by atoms with Crippen LogP contribution < -0.4 is 9.47 Å². The van der Waals surface area contributed by atoms with Gasteiger partial charge in [-0.3, -0.25) is 0 Å². The van der Waals surface area contributed by atoms with Gasteiger partial charge in [-0.15, -0.1) is 0 Å². The average Bonchev–Trinajstić information content (AvgIpc) is 2.38. The number of rotatable bonds is 5. The van der Waals surface area contributed by atoms with Crippen molar-refractivity contribution >= 4 is 15.9 Å². The van der Waals surface area contributed by atoms with Crippen LogP contribution >= 0.6 is 15.9 Å². The molecule has 0 amide bonds. The molecule has 0 fully saturated rings. The molecule has 18 heavy (non-hydrogen) atoms. The smallest absolute Gasteiger partial charge is 0.137 e. The minimum Gasteiger partial charge on any atom is -0.495 e. The molecule has 0 saturated heterocycles. The van der Waals surface area contributed by atoms with Crippen LogP contribution in [0.3, 0.4) is 0 Å². The Hall–Kier alpha value is -0.960. The van der Waals surface area contributed by atoms with Crippen LogP contribution in [-0.2, 0) is 0 Å². The molecule has 0 radical (unpaired) electrons. The predicted molar refractivity (Wildman–Crippen MR) is 79.7 cm³/mol. The van der Waals surface area contributed by atoms with E-state index in [1.807, 2.05) is 0 Å². The lowest BCUT2D eigenvalue weighted by Gasteiger charge is -2.14. The highest BCUT2D eigenvalue weighted by Gasteiger charge is 2.12. The molecule has 1 rings (SSSR count). The first-order valence-electron chi connectivity index (χ1n) is 6.12. The minimum atomic E-state index is 0.348. The fraction of sp³-hybridized carbons (Fsp3) is 0.467. The Kier molecular flexibility index (Phi) is 5.73. The van der Waals surface area contributed by atoms with Crippen molar-refractivity contribution in [1.29, 1.82) is 0 Å². The highest BCUT2D eigenvalue weighted by atomic mass is 79.9. The number of methoxy groups -OCH3 is 2. The summed E-state index contributed by atoms with van der Waals surface area (Å²) in [6.45, 7) is 6.51. The number of benzene rings is 1. The average molecular weight is 313 g/mol. The lowest BCUT2D eigenvalue weighted by Crippen LogP contribution is -1.96. The molecule has 0 aliphatic carbocycles. The van der Waals surface area contributed by atoms with Gasteiger partial charge < -0.3 is 9.47 Å². The topological polar surface area (TPSA) is 18.5 Å². The molecule has 0 heterocycles. The minimum absolute atomic E-state index is 0.348. The van der Waals surface area contributed by atoms with Gasteiger partial charge in [0, 0.05) is 0 Å². The zero-order valence-corrected chi connectivity index (χ0v) is 13.3. The summed E-state index contributed by atoms with van der Waals surface area (Å²) in [6.07, 6.45) is 3.36. The van der Waals surface area contributed by atoms with E-state index in [2.05, 4.69) is 54.9 Å². The van der Waals surface area contributed by atoms with Crippen molar-refractivity contribution in [2.75, 3.05) is 14.2 Å². The second-order valence-electron chi connectivity index (χ2n) is 4.39. The van der Waals surface area contributed by atoms with Crippen LogP contribution in [0.2, 0.25) is 0 Å². The van der Waals surface area contributed by atoms with Crippen LogP contribution in [0.4, 0.5) is 0 Å². The summed E-state index contributed by atoms with van der Waals surface area (Å²) in [7, 11) is 3.34. The molecule has 1 atom stereocenters. The molecular formula is C15H21BrO2. The normalized spacial score (nSPS) is 13.3. The largest absolute Gasteiger partial charge is 0.495 e. The summed E-state index contributed by atoms with van der Waals surface area (Å²) >= 11 is 3.48. The standard InChI is InChI=1S/C15H21BrO2/c1-6-10(2)7-11(3)12-8-13(17-4)15(16)14(9-12)18-5/h7-9,11H,6H2,1-5H3/b10-7-. The van der Waals surface area contributed by atoms with Gasteiger partial charge >= 0.3 is 0 Å². The lowest BCUT2D eigenvalue weighted by atomic mass is 9.97. The molecule has 0 aliphatic heterocycles. The van der Waals surface area contributed by atoms with Gasteiger partial charge in [0.1, 0.15) is 16.0 Å². The third-order valence-corrected chi connectivity index (χ3v) is 3.87. The fourth-order valence-electron chi connectivity index (χ4n) is 1.79. The Morgan fingerprint density at radius 3 is 2.17 bits per heavy atom. The van der Waals surface area contributed by atoms with Gasteiger partial charge in [-0.1, -0.05) is 25.5 Å². The van der Waals surface area contributed by atoms with Crippen molar-refractivity contribution in [2.24, 2.45) is 0 Å². The zero-order valence-electron chi connectivity index (χ0n) is 11.7. The van der Waals surface area contributed by atoms with E-state index < -0.39 is 0 Å². The van der Waals surface area contributed by atoms with Crippen molar-refractivity contribution in [3.05, 3.63) is 33.8 Å².